The molecule has 2 aromatic carbocycles. The molecule has 0 N–H and O–H groups in total. The van der Waals surface area contributed by atoms with Crippen LogP contribution in [0.3, 0.4) is 0 Å². The molecule has 0 heterocycles. The molecule has 2 unspecified atom stereocenters. The summed E-state index contributed by atoms with van der Waals surface area (Å²) in [5, 5.41) is 0. The molecule has 26 heavy (non-hydrogen) atoms. The lowest BCUT2D eigenvalue weighted by Crippen LogP contribution is -2.36. The fourth-order valence-electron chi connectivity index (χ4n) is 4.34. The monoisotopic (exact) mass is 350 g/mol. The normalized spacial score (nSPS) is 21.8. The van der Waals surface area contributed by atoms with Crippen molar-refractivity contribution in [1.29, 1.82) is 0 Å². The highest BCUT2D eigenvalue weighted by Gasteiger charge is 2.39. The lowest BCUT2D eigenvalue weighted by Gasteiger charge is -2.32. The lowest BCUT2D eigenvalue weighted by molar-refractivity contribution is 0.0726. The van der Waals surface area contributed by atoms with Crippen LogP contribution in [0.2, 0.25) is 0 Å². The van der Waals surface area contributed by atoms with Crippen molar-refractivity contribution in [3.63, 3.8) is 0 Å². The van der Waals surface area contributed by atoms with Crippen molar-refractivity contribution in [2.45, 2.75) is 25.7 Å². The summed E-state index contributed by atoms with van der Waals surface area (Å²) >= 11 is 0. The topological polar surface area (TPSA) is 52.6 Å². The largest absolute Gasteiger partial charge is 0.497 e. The smallest absolute Gasteiger partial charge is 0.166 e. The highest BCUT2D eigenvalue weighted by atomic mass is 16.5. The number of benzene rings is 2. The fraction of sp³-hybridized carbons (Fsp3) is 0.364. The van der Waals surface area contributed by atoms with Gasteiger partial charge in [-0.25, -0.2) is 0 Å². The van der Waals surface area contributed by atoms with E-state index >= 15 is 0 Å². The molecule has 2 aliphatic carbocycles. The SMILES string of the molecule is COc1ccc2c(c1)CCC(C1CCc3cc(OC)ccc3C1=O)C2=O. The lowest BCUT2D eigenvalue weighted by atomic mass is 9.69. The van der Waals surface area contributed by atoms with Crippen molar-refractivity contribution < 1.29 is 19.1 Å². The van der Waals surface area contributed by atoms with Crippen LogP contribution in [0.25, 0.3) is 0 Å². The first-order chi connectivity index (χ1) is 12.6. The summed E-state index contributed by atoms with van der Waals surface area (Å²) in [6.07, 6.45) is 3.06. The van der Waals surface area contributed by atoms with Crippen LogP contribution in [0.4, 0.5) is 0 Å². The van der Waals surface area contributed by atoms with Gasteiger partial charge < -0.3 is 9.47 Å². The molecule has 134 valence electrons. The molecule has 4 nitrogen and oxygen atoms in total. The highest BCUT2D eigenvalue weighted by Crippen LogP contribution is 2.39. The second-order valence-corrected chi connectivity index (χ2v) is 7.06. The Hall–Kier alpha value is -2.62. The number of hydrogen-bond donors (Lipinski definition) is 0. The second kappa shape index (κ2) is 6.60. The van der Waals surface area contributed by atoms with Crippen molar-refractivity contribution in [2.24, 2.45) is 11.8 Å². The number of rotatable bonds is 3. The number of Topliss-reactive ketones (excluding diaryl/α,β-unsaturated/α-hetero) is 2. The van der Waals surface area contributed by atoms with Crippen LogP contribution in [0, 0.1) is 11.8 Å². The average Bonchev–Trinajstić information content (AvgIpc) is 2.68. The Morgan fingerprint density at radius 3 is 1.54 bits per heavy atom. The van der Waals surface area contributed by atoms with Crippen LogP contribution in [0.15, 0.2) is 36.4 Å². The Morgan fingerprint density at radius 1 is 0.731 bits per heavy atom. The minimum Gasteiger partial charge on any atom is -0.497 e. The van der Waals surface area contributed by atoms with Gasteiger partial charge in [-0.2, -0.15) is 0 Å². The van der Waals surface area contributed by atoms with Crippen LogP contribution in [0.5, 0.6) is 11.5 Å². The zero-order chi connectivity index (χ0) is 18.3. The van der Waals surface area contributed by atoms with Crippen molar-refractivity contribution >= 4 is 11.6 Å². The zero-order valence-electron chi connectivity index (χ0n) is 15.1. The average molecular weight is 350 g/mol. The number of aryl methyl sites for hydroxylation is 2. The van der Waals surface area contributed by atoms with E-state index in [1.807, 2.05) is 36.4 Å². The van der Waals surface area contributed by atoms with E-state index in [0.717, 1.165) is 59.4 Å². The molecule has 0 saturated carbocycles. The molecule has 0 fully saturated rings. The maximum absolute atomic E-state index is 13.1. The summed E-state index contributed by atoms with van der Waals surface area (Å²) in [4.78, 5) is 26.1. The minimum absolute atomic E-state index is 0.101. The van der Waals surface area contributed by atoms with Gasteiger partial charge in [0.1, 0.15) is 11.5 Å². The summed E-state index contributed by atoms with van der Waals surface area (Å²) in [5.74, 6) is 1.30. The van der Waals surface area contributed by atoms with Gasteiger partial charge in [-0.15, -0.1) is 0 Å². The Labute approximate surface area is 153 Å². The van der Waals surface area contributed by atoms with Gasteiger partial charge in [0.05, 0.1) is 14.2 Å². The predicted octanol–water partition coefficient (Wildman–Crippen LogP) is 3.89. The molecule has 0 aliphatic heterocycles. The maximum atomic E-state index is 13.1. The first-order valence-electron chi connectivity index (χ1n) is 9.04. The number of ketones is 2. The van der Waals surface area contributed by atoms with Crippen LogP contribution in [-0.2, 0) is 12.8 Å². The van der Waals surface area contributed by atoms with Gasteiger partial charge in [-0.1, -0.05) is 0 Å². The summed E-state index contributed by atoms with van der Waals surface area (Å²) in [5.41, 5.74) is 3.55. The van der Waals surface area contributed by atoms with Crippen LogP contribution in [-0.4, -0.2) is 25.8 Å². The Morgan fingerprint density at radius 2 is 1.15 bits per heavy atom. The van der Waals surface area contributed by atoms with Gasteiger partial charge in [0.15, 0.2) is 11.6 Å². The minimum atomic E-state index is -0.223. The Balaban J connectivity index is 1.62. The number of ether oxygens (including phenoxy) is 2. The summed E-state index contributed by atoms with van der Waals surface area (Å²) in [6, 6.07) is 11.2. The summed E-state index contributed by atoms with van der Waals surface area (Å²) < 4.78 is 10.5. The van der Waals surface area contributed by atoms with Crippen molar-refractivity contribution in [3.05, 3.63) is 58.7 Å². The molecular formula is C22H22O4. The van der Waals surface area contributed by atoms with Crippen molar-refractivity contribution in [3.8, 4) is 11.5 Å². The van der Waals surface area contributed by atoms with E-state index < -0.39 is 0 Å². The molecule has 0 amide bonds. The van der Waals surface area contributed by atoms with E-state index in [2.05, 4.69) is 0 Å². The molecule has 2 aliphatic rings. The van der Waals surface area contributed by atoms with Gasteiger partial charge in [0, 0.05) is 23.0 Å². The first-order valence-corrected chi connectivity index (χ1v) is 9.04. The third-order valence-corrected chi connectivity index (χ3v) is 5.76. The van der Waals surface area contributed by atoms with E-state index in [9.17, 15) is 9.59 Å². The standard InChI is InChI=1S/C22H22O4/c1-25-15-5-9-17-13(11-15)3-7-19(21(17)23)20-8-4-14-12-16(26-2)6-10-18(14)22(20)24/h5-6,9-12,19-20H,3-4,7-8H2,1-2H3. The van der Waals surface area contributed by atoms with Gasteiger partial charge >= 0.3 is 0 Å². The molecule has 4 rings (SSSR count). The van der Waals surface area contributed by atoms with Gasteiger partial charge in [0.25, 0.3) is 0 Å². The molecule has 0 spiro atoms. The van der Waals surface area contributed by atoms with E-state index in [4.69, 9.17) is 9.47 Å². The molecule has 2 aromatic rings. The number of carbonyl (C=O) groups excluding carboxylic acids is 2. The number of hydrogen-bond acceptors (Lipinski definition) is 4. The summed E-state index contributed by atoms with van der Waals surface area (Å²) in [7, 11) is 3.25. The summed E-state index contributed by atoms with van der Waals surface area (Å²) in [6.45, 7) is 0. The maximum Gasteiger partial charge on any atom is 0.166 e. The van der Waals surface area contributed by atoms with Crippen LogP contribution < -0.4 is 9.47 Å². The van der Waals surface area contributed by atoms with Gasteiger partial charge in [0.2, 0.25) is 0 Å². The molecule has 0 aromatic heterocycles. The van der Waals surface area contributed by atoms with Crippen LogP contribution in [0.1, 0.15) is 44.7 Å². The molecule has 0 bridgehead atoms. The van der Waals surface area contributed by atoms with Crippen molar-refractivity contribution in [2.75, 3.05) is 14.2 Å². The van der Waals surface area contributed by atoms with Crippen molar-refractivity contribution in [1.82, 2.24) is 0 Å². The van der Waals surface area contributed by atoms with E-state index in [0.29, 0.717) is 0 Å². The second-order valence-electron chi connectivity index (χ2n) is 7.06. The highest BCUT2D eigenvalue weighted by molar-refractivity contribution is 6.07. The van der Waals surface area contributed by atoms with E-state index in [1.165, 1.54) is 0 Å². The van der Waals surface area contributed by atoms with Gasteiger partial charge in [-0.05, 0) is 73.2 Å². The third-order valence-electron chi connectivity index (χ3n) is 5.76. The molecule has 2 atom stereocenters. The zero-order valence-corrected chi connectivity index (χ0v) is 15.1. The van der Waals surface area contributed by atoms with E-state index in [-0.39, 0.29) is 23.4 Å². The third kappa shape index (κ3) is 2.70. The molecular weight excluding hydrogens is 328 g/mol. The number of fused-ring (bicyclic) bond motifs is 2. The Bertz CT molecular complexity index is 810. The fourth-order valence-corrected chi connectivity index (χ4v) is 4.34. The Kier molecular flexibility index (Phi) is 4.27. The molecule has 4 heteroatoms. The number of carbonyl (C=O) groups is 2. The van der Waals surface area contributed by atoms with Crippen LogP contribution >= 0.6 is 0 Å². The quantitative estimate of drug-likeness (QED) is 0.843. The van der Waals surface area contributed by atoms with Gasteiger partial charge in [-0.3, -0.25) is 9.59 Å². The number of methoxy groups -OCH3 is 2. The predicted molar refractivity (Wildman–Crippen MR) is 98.3 cm³/mol. The first kappa shape index (κ1) is 16.8. The molecule has 0 radical (unpaired) electrons. The van der Waals surface area contributed by atoms with E-state index in [1.54, 1.807) is 14.2 Å². The molecule has 0 saturated heterocycles.